The summed E-state index contributed by atoms with van der Waals surface area (Å²) in [6.45, 7) is 6.49. The Morgan fingerprint density at radius 3 is 2.57 bits per heavy atom. The number of morpholine rings is 1. The largest absolute Gasteiger partial charge is 0.433 e. The molecule has 154 valence electrons. The van der Waals surface area contributed by atoms with Gasteiger partial charge in [-0.3, -0.25) is 9.69 Å². The van der Waals surface area contributed by atoms with Crippen LogP contribution in [0.3, 0.4) is 0 Å². The lowest BCUT2D eigenvalue weighted by atomic mass is 9.85. The summed E-state index contributed by atoms with van der Waals surface area (Å²) in [6.07, 6.45) is -3.05. The second kappa shape index (κ2) is 7.51. The summed E-state index contributed by atoms with van der Waals surface area (Å²) in [7, 11) is 0. The first-order valence-corrected chi connectivity index (χ1v) is 9.76. The van der Waals surface area contributed by atoms with Gasteiger partial charge in [0, 0.05) is 45.8 Å². The van der Waals surface area contributed by atoms with Gasteiger partial charge in [0.05, 0.1) is 18.6 Å². The van der Waals surface area contributed by atoms with E-state index in [1.807, 2.05) is 9.80 Å². The molecule has 3 fully saturated rings. The van der Waals surface area contributed by atoms with Gasteiger partial charge in [-0.15, -0.1) is 0 Å². The third kappa shape index (κ3) is 3.82. The first kappa shape index (κ1) is 19.4. The molecule has 1 amide bonds. The topological polar surface area (TPSA) is 48.9 Å². The van der Waals surface area contributed by atoms with Crippen LogP contribution in [-0.2, 0) is 15.7 Å². The van der Waals surface area contributed by atoms with Crippen molar-refractivity contribution in [2.24, 2.45) is 5.41 Å². The maximum Gasteiger partial charge on any atom is 0.433 e. The van der Waals surface area contributed by atoms with Gasteiger partial charge in [-0.1, -0.05) is 6.07 Å². The van der Waals surface area contributed by atoms with Gasteiger partial charge in [-0.05, 0) is 25.0 Å². The van der Waals surface area contributed by atoms with Gasteiger partial charge in [0.1, 0.15) is 11.5 Å². The number of carbonyl (C=O) groups excluding carboxylic acids is 1. The molecule has 1 atom stereocenters. The molecule has 4 heterocycles. The molecule has 0 radical (unpaired) electrons. The number of aromatic nitrogens is 1. The minimum atomic E-state index is -4.47. The van der Waals surface area contributed by atoms with E-state index >= 15 is 0 Å². The van der Waals surface area contributed by atoms with Gasteiger partial charge in [-0.25, -0.2) is 4.98 Å². The maximum absolute atomic E-state index is 13.1. The van der Waals surface area contributed by atoms with Crippen molar-refractivity contribution >= 4 is 11.7 Å². The van der Waals surface area contributed by atoms with Gasteiger partial charge in [-0.2, -0.15) is 13.2 Å². The minimum Gasteiger partial charge on any atom is -0.379 e. The van der Waals surface area contributed by atoms with Crippen molar-refractivity contribution in [2.75, 3.05) is 63.9 Å². The molecule has 3 saturated heterocycles. The van der Waals surface area contributed by atoms with Crippen molar-refractivity contribution in [2.45, 2.75) is 19.0 Å². The number of likely N-dealkylation sites (tertiary alicyclic amines) is 1. The Hall–Kier alpha value is -1.87. The Morgan fingerprint density at radius 2 is 1.82 bits per heavy atom. The third-order valence-electron chi connectivity index (χ3n) is 6.09. The van der Waals surface area contributed by atoms with Crippen LogP contribution < -0.4 is 4.90 Å². The fraction of sp³-hybridized carbons (Fsp3) is 0.684. The van der Waals surface area contributed by atoms with E-state index in [1.165, 1.54) is 6.07 Å². The molecule has 0 bridgehead atoms. The van der Waals surface area contributed by atoms with E-state index in [0.29, 0.717) is 38.4 Å². The summed E-state index contributed by atoms with van der Waals surface area (Å²) in [5, 5.41) is 0. The van der Waals surface area contributed by atoms with E-state index in [9.17, 15) is 18.0 Å². The van der Waals surface area contributed by atoms with Crippen LogP contribution in [0.2, 0.25) is 0 Å². The van der Waals surface area contributed by atoms with Crippen LogP contribution in [0.4, 0.5) is 19.0 Å². The Labute approximate surface area is 162 Å². The lowest BCUT2D eigenvalue weighted by Crippen LogP contribution is -2.43. The number of anilines is 1. The number of pyridine rings is 1. The van der Waals surface area contributed by atoms with Gasteiger partial charge < -0.3 is 14.5 Å². The maximum atomic E-state index is 13.1. The van der Waals surface area contributed by atoms with Crippen molar-refractivity contribution in [1.82, 2.24) is 14.8 Å². The van der Waals surface area contributed by atoms with Crippen molar-refractivity contribution in [3.05, 3.63) is 23.9 Å². The summed E-state index contributed by atoms with van der Waals surface area (Å²) in [6, 6.07) is 3.94. The van der Waals surface area contributed by atoms with Crippen molar-refractivity contribution < 1.29 is 22.7 Å². The molecular weight excluding hydrogens is 373 g/mol. The third-order valence-corrected chi connectivity index (χ3v) is 6.09. The summed E-state index contributed by atoms with van der Waals surface area (Å²) in [4.78, 5) is 22.9. The summed E-state index contributed by atoms with van der Waals surface area (Å²) in [5.41, 5.74) is -1.38. The van der Waals surface area contributed by atoms with Gasteiger partial charge in [0.25, 0.3) is 0 Å². The monoisotopic (exact) mass is 398 g/mol. The molecule has 1 spiro atoms. The number of hydrogen-bond donors (Lipinski definition) is 0. The number of rotatable bonds is 4. The molecule has 1 aromatic rings. The van der Waals surface area contributed by atoms with Crippen molar-refractivity contribution in [1.29, 1.82) is 0 Å². The highest BCUT2D eigenvalue weighted by molar-refractivity contribution is 5.86. The van der Waals surface area contributed by atoms with Crippen LogP contribution in [0.5, 0.6) is 0 Å². The number of amides is 1. The standard InChI is InChI=1S/C19H25F3N4O2/c20-19(21,22)15-2-1-3-16(23-15)26-7-5-18(14-26)4-6-25(17(18)27)9-8-24-10-12-28-13-11-24/h1-3H,4-14H2. The Morgan fingerprint density at radius 1 is 1.07 bits per heavy atom. The average Bonchev–Trinajstić information content (AvgIpc) is 3.26. The van der Waals surface area contributed by atoms with Crippen LogP contribution in [0.25, 0.3) is 0 Å². The number of nitrogens with zero attached hydrogens (tertiary/aromatic N) is 4. The molecule has 1 unspecified atom stereocenters. The summed E-state index contributed by atoms with van der Waals surface area (Å²) >= 11 is 0. The Kier molecular flexibility index (Phi) is 5.22. The Balaban J connectivity index is 1.38. The molecule has 3 aliphatic rings. The zero-order valence-corrected chi connectivity index (χ0v) is 15.7. The molecule has 28 heavy (non-hydrogen) atoms. The van der Waals surface area contributed by atoms with Gasteiger partial charge in [0.2, 0.25) is 5.91 Å². The van der Waals surface area contributed by atoms with Crippen LogP contribution in [0.1, 0.15) is 18.5 Å². The predicted octanol–water partition coefficient (Wildman–Crippen LogP) is 1.86. The molecule has 0 N–H and O–H groups in total. The zero-order chi connectivity index (χ0) is 19.8. The highest BCUT2D eigenvalue weighted by Gasteiger charge is 2.51. The van der Waals surface area contributed by atoms with E-state index < -0.39 is 17.3 Å². The Bertz CT molecular complexity index is 723. The number of halogens is 3. The second-order valence-corrected chi connectivity index (χ2v) is 7.83. The van der Waals surface area contributed by atoms with Crippen molar-refractivity contribution in [3.63, 3.8) is 0 Å². The lowest BCUT2D eigenvalue weighted by Gasteiger charge is -2.29. The van der Waals surface area contributed by atoms with E-state index in [4.69, 9.17) is 4.74 Å². The molecule has 6 nitrogen and oxygen atoms in total. The highest BCUT2D eigenvalue weighted by Crippen LogP contribution is 2.42. The van der Waals surface area contributed by atoms with Crippen molar-refractivity contribution in [3.8, 4) is 0 Å². The predicted molar refractivity (Wildman–Crippen MR) is 97.0 cm³/mol. The lowest BCUT2D eigenvalue weighted by molar-refractivity contribution is -0.141. The summed E-state index contributed by atoms with van der Waals surface area (Å²) in [5.74, 6) is 0.432. The number of carbonyl (C=O) groups is 1. The molecule has 3 aliphatic heterocycles. The quantitative estimate of drug-likeness (QED) is 0.775. The van der Waals surface area contributed by atoms with E-state index in [0.717, 1.165) is 45.3 Å². The molecular formula is C19H25F3N4O2. The number of hydrogen-bond acceptors (Lipinski definition) is 5. The molecule has 0 aromatic carbocycles. The first-order chi connectivity index (χ1) is 13.4. The van der Waals surface area contributed by atoms with Crippen LogP contribution in [0.15, 0.2) is 18.2 Å². The average molecular weight is 398 g/mol. The van der Waals surface area contributed by atoms with E-state index in [1.54, 1.807) is 6.07 Å². The van der Waals surface area contributed by atoms with Gasteiger partial charge >= 0.3 is 6.18 Å². The zero-order valence-electron chi connectivity index (χ0n) is 15.7. The highest BCUT2D eigenvalue weighted by atomic mass is 19.4. The number of ether oxygens (including phenoxy) is 1. The molecule has 1 aromatic heterocycles. The first-order valence-electron chi connectivity index (χ1n) is 9.76. The number of alkyl halides is 3. The van der Waals surface area contributed by atoms with E-state index in [2.05, 4.69) is 9.88 Å². The smallest absolute Gasteiger partial charge is 0.379 e. The normalized spacial score (nSPS) is 26.6. The molecule has 9 heteroatoms. The van der Waals surface area contributed by atoms with E-state index in [-0.39, 0.29) is 5.91 Å². The molecule has 4 rings (SSSR count). The van der Waals surface area contributed by atoms with Crippen LogP contribution in [0, 0.1) is 5.41 Å². The summed E-state index contributed by atoms with van der Waals surface area (Å²) < 4.78 is 44.2. The van der Waals surface area contributed by atoms with Crippen LogP contribution >= 0.6 is 0 Å². The fourth-order valence-electron chi connectivity index (χ4n) is 4.40. The second-order valence-electron chi connectivity index (χ2n) is 7.83. The SMILES string of the molecule is O=C1N(CCN2CCOCC2)CCC12CCN(c1cccc(C(F)(F)F)n1)C2. The molecule has 0 aliphatic carbocycles. The van der Waals surface area contributed by atoms with Crippen LogP contribution in [-0.4, -0.2) is 79.7 Å². The molecule has 0 saturated carbocycles. The van der Waals surface area contributed by atoms with Gasteiger partial charge in [0.15, 0.2) is 0 Å². The minimum absolute atomic E-state index is 0.134. The fourth-order valence-corrected chi connectivity index (χ4v) is 4.40.